The summed E-state index contributed by atoms with van der Waals surface area (Å²) in [5, 5.41) is 20.6. The third kappa shape index (κ3) is 3.47. The minimum atomic E-state index is -0.537. The Morgan fingerprint density at radius 1 is 1.55 bits per heavy atom. The Bertz CT molecular complexity index is 787. The molecule has 1 heterocycles. The van der Waals surface area contributed by atoms with E-state index in [1.54, 1.807) is 12.1 Å². The lowest BCUT2D eigenvalue weighted by Crippen LogP contribution is -2.10. The first kappa shape index (κ1) is 15.6. The van der Waals surface area contributed by atoms with E-state index in [1.807, 2.05) is 6.92 Å². The van der Waals surface area contributed by atoms with Gasteiger partial charge >= 0.3 is 0 Å². The van der Waals surface area contributed by atoms with Crippen molar-refractivity contribution in [3.8, 4) is 0 Å². The van der Waals surface area contributed by atoms with Crippen LogP contribution in [0.15, 0.2) is 34.3 Å². The molecule has 8 nitrogen and oxygen atoms in total. The van der Waals surface area contributed by atoms with E-state index in [1.165, 1.54) is 18.5 Å². The number of rotatable bonds is 5. The van der Waals surface area contributed by atoms with Gasteiger partial charge in [0.05, 0.1) is 17.3 Å². The number of nitro benzene ring substituents is 1. The number of aromatic amines is 1. The summed E-state index contributed by atoms with van der Waals surface area (Å²) in [4.78, 5) is 21.8. The Morgan fingerprint density at radius 2 is 2.32 bits per heavy atom. The molecule has 2 aromatic rings. The van der Waals surface area contributed by atoms with E-state index in [0.29, 0.717) is 17.5 Å². The topological polar surface area (TPSA) is 113 Å². The minimum Gasteiger partial charge on any atom is -0.275 e. The molecule has 0 spiro atoms. The second-order valence-corrected chi connectivity index (χ2v) is 4.67. The second-order valence-electron chi connectivity index (χ2n) is 4.30. The highest BCUT2D eigenvalue weighted by Gasteiger charge is 2.12. The van der Waals surface area contributed by atoms with Crippen LogP contribution in [0.2, 0.25) is 5.02 Å². The van der Waals surface area contributed by atoms with Crippen molar-refractivity contribution >= 4 is 29.2 Å². The summed E-state index contributed by atoms with van der Waals surface area (Å²) in [5.41, 5.74) is 3.51. The Hall–Kier alpha value is -2.74. The summed E-state index contributed by atoms with van der Waals surface area (Å²) >= 11 is 5.77. The zero-order valence-electron chi connectivity index (χ0n) is 11.5. The van der Waals surface area contributed by atoms with Gasteiger partial charge in [-0.3, -0.25) is 20.3 Å². The third-order valence-corrected chi connectivity index (χ3v) is 3.26. The van der Waals surface area contributed by atoms with E-state index in [-0.39, 0.29) is 16.4 Å². The smallest absolute Gasteiger partial charge is 0.275 e. The van der Waals surface area contributed by atoms with Crippen LogP contribution in [0.1, 0.15) is 18.1 Å². The van der Waals surface area contributed by atoms with Gasteiger partial charge in [0.2, 0.25) is 0 Å². The number of hydrogen-bond donors (Lipinski definition) is 2. The predicted octanol–water partition coefficient (Wildman–Crippen LogP) is 2.34. The summed E-state index contributed by atoms with van der Waals surface area (Å²) in [7, 11) is 0. The summed E-state index contributed by atoms with van der Waals surface area (Å²) < 4.78 is 0. The number of benzene rings is 1. The normalized spacial score (nSPS) is 10.8. The van der Waals surface area contributed by atoms with Crippen LogP contribution in [-0.4, -0.2) is 21.3 Å². The number of nitrogens with one attached hydrogen (secondary N) is 2. The van der Waals surface area contributed by atoms with Crippen LogP contribution in [0.25, 0.3) is 0 Å². The van der Waals surface area contributed by atoms with Gasteiger partial charge in [0, 0.05) is 17.2 Å². The average Bonchev–Trinajstić information content (AvgIpc) is 2.51. The van der Waals surface area contributed by atoms with Crippen LogP contribution in [0.3, 0.4) is 0 Å². The second kappa shape index (κ2) is 6.81. The maximum atomic E-state index is 11.2. The van der Waals surface area contributed by atoms with Crippen molar-refractivity contribution in [1.29, 1.82) is 0 Å². The summed E-state index contributed by atoms with van der Waals surface area (Å²) in [6.45, 7) is 1.85. The molecule has 1 aromatic carbocycles. The van der Waals surface area contributed by atoms with Crippen molar-refractivity contribution in [3.05, 3.63) is 61.0 Å². The standard InChI is InChI=1S/C13H12ClN5O3/c1-2-9-4-3-8(5-11(9)19(21)22)6-15-17-10-7-16-18-13(20)12(10)14/h3-7H,2H2,1H3,(H2,17,18,20)/b15-6-. The zero-order valence-corrected chi connectivity index (χ0v) is 12.3. The maximum absolute atomic E-state index is 11.2. The molecule has 0 aliphatic rings. The Morgan fingerprint density at radius 3 is 3.00 bits per heavy atom. The van der Waals surface area contributed by atoms with Crippen molar-refractivity contribution in [2.24, 2.45) is 5.10 Å². The van der Waals surface area contributed by atoms with Crippen LogP contribution in [0.4, 0.5) is 11.4 Å². The Balaban J connectivity index is 2.20. The fourth-order valence-corrected chi connectivity index (χ4v) is 1.90. The number of nitro groups is 1. The van der Waals surface area contributed by atoms with Crippen LogP contribution < -0.4 is 11.0 Å². The van der Waals surface area contributed by atoms with E-state index in [0.717, 1.165) is 0 Å². The first-order valence-electron chi connectivity index (χ1n) is 6.32. The molecule has 0 atom stereocenters. The predicted molar refractivity (Wildman–Crippen MR) is 83.6 cm³/mol. The van der Waals surface area contributed by atoms with Gasteiger partial charge in [-0.25, -0.2) is 5.10 Å². The van der Waals surface area contributed by atoms with Crippen LogP contribution >= 0.6 is 11.6 Å². The monoisotopic (exact) mass is 321 g/mol. The van der Waals surface area contributed by atoms with E-state index in [2.05, 4.69) is 20.7 Å². The molecule has 0 amide bonds. The molecule has 0 fully saturated rings. The number of aryl methyl sites for hydroxylation is 1. The first-order chi connectivity index (χ1) is 10.5. The number of hydrogen-bond acceptors (Lipinski definition) is 6. The summed E-state index contributed by atoms with van der Waals surface area (Å²) in [5.74, 6) is 0. The molecule has 0 aliphatic carbocycles. The number of hydrazone groups is 1. The molecule has 2 N–H and O–H groups in total. The maximum Gasteiger partial charge on any atom is 0.285 e. The summed E-state index contributed by atoms with van der Waals surface area (Å²) in [6.07, 6.45) is 3.27. The highest BCUT2D eigenvalue weighted by atomic mass is 35.5. The largest absolute Gasteiger partial charge is 0.285 e. The van der Waals surface area contributed by atoms with Gasteiger partial charge in [0.25, 0.3) is 11.2 Å². The molecule has 0 unspecified atom stereocenters. The van der Waals surface area contributed by atoms with Crippen molar-refractivity contribution in [3.63, 3.8) is 0 Å². The molecule has 0 saturated heterocycles. The highest BCUT2D eigenvalue weighted by Crippen LogP contribution is 2.20. The lowest BCUT2D eigenvalue weighted by molar-refractivity contribution is -0.385. The third-order valence-electron chi connectivity index (χ3n) is 2.88. The summed E-state index contributed by atoms with van der Waals surface area (Å²) in [6, 6.07) is 4.83. The van der Waals surface area contributed by atoms with Gasteiger partial charge in [-0.15, -0.1) is 0 Å². The quantitative estimate of drug-likeness (QED) is 0.498. The molecule has 0 aliphatic heterocycles. The van der Waals surface area contributed by atoms with E-state index in [4.69, 9.17) is 11.6 Å². The lowest BCUT2D eigenvalue weighted by atomic mass is 10.1. The van der Waals surface area contributed by atoms with Crippen molar-refractivity contribution in [2.45, 2.75) is 13.3 Å². The first-order valence-corrected chi connectivity index (χ1v) is 6.70. The number of aromatic nitrogens is 2. The molecular formula is C13H12ClN5O3. The molecule has 0 bridgehead atoms. The van der Waals surface area contributed by atoms with E-state index in [9.17, 15) is 14.9 Å². The van der Waals surface area contributed by atoms with Crippen LogP contribution in [0, 0.1) is 10.1 Å². The fourth-order valence-electron chi connectivity index (χ4n) is 1.77. The fraction of sp³-hybridized carbons (Fsp3) is 0.154. The molecule has 114 valence electrons. The number of halogens is 1. The van der Waals surface area contributed by atoms with Gasteiger partial charge in [-0.1, -0.05) is 30.7 Å². The van der Waals surface area contributed by atoms with E-state index < -0.39 is 10.5 Å². The van der Waals surface area contributed by atoms with Gasteiger partial charge in [0.1, 0.15) is 10.7 Å². The van der Waals surface area contributed by atoms with Crippen molar-refractivity contribution < 1.29 is 4.92 Å². The molecular weight excluding hydrogens is 310 g/mol. The lowest BCUT2D eigenvalue weighted by Gasteiger charge is -2.02. The molecule has 2 rings (SSSR count). The number of H-pyrrole nitrogens is 1. The van der Waals surface area contributed by atoms with Crippen molar-refractivity contribution in [1.82, 2.24) is 10.2 Å². The van der Waals surface area contributed by atoms with Gasteiger partial charge < -0.3 is 0 Å². The van der Waals surface area contributed by atoms with Gasteiger partial charge in [0.15, 0.2) is 0 Å². The van der Waals surface area contributed by atoms with E-state index >= 15 is 0 Å². The SMILES string of the molecule is CCc1ccc(/C=N\Nc2cn[nH]c(=O)c2Cl)cc1[N+](=O)[O-]. The highest BCUT2D eigenvalue weighted by molar-refractivity contribution is 6.32. The van der Waals surface area contributed by atoms with Gasteiger partial charge in [-0.05, 0) is 6.42 Å². The average molecular weight is 322 g/mol. The zero-order chi connectivity index (χ0) is 16.1. The Kier molecular flexibility index (Phi) is 4.84. The minimum absolute atomic E-state index is 0.0438. The van der Waals surface area contributed by atoms with Crippen molar-refractivity contribution in [2.75, 3.05) is 5.43 Å². The number of anilines is 1. The molecule has 9 heteroatoms. The molecule has 0 saturated carbocycles. The number of nitrogens with zero attached hydrogens (tertiary/aromatic N) is 3. The molecule has 22 heavy (non-hydrogen) atoms. The molecule has 0 radical (unpaired) electrons. The Labute approximate surface area is 130 Å². The van der Waals surface area contributed by atoms with Gasteiger partial charge in [-0.2, -0.15) is 10.2 Å². The molecule has 1 aromatic heterocycles. The van der Waals surface area contributed by atoms with Crippen LogP contribution in [0.5, 0.6) is 0 Å². The van der Waals surface area contributed by atoms with Crippen LogP contribution in [-0.2, 0) is 6.42 Å².